The summed E-state index contributed by atoms with van der Waals surface area (Å²) < 4.78 is 4.90. The molecule has 0 amide bonds. The Hall–Kier alpha value is -0.590. The number of ether oxygens (including phenoxy) is 1. The van der Waals surface area contributed by atoms with Gasteiger partial charge in [-0.25, -0.2) is 0 Å². The summed E-state index contributed by atoms with van der Waals surface area (Å²) in [5.41, 5.74) is 0. The van der Waals surface area contributed by atoms with Crippen molar-refractivity contribution in [2.75, 3.05) is 7.11 Å². The second-order valence-corrected chi connectivity index (χ2v) is 2.30. The number of rotatable bonds is 4. The predicted octanol–water partition coefficient (Wildman–Crippen LogP) is 0.686. The third kappa shape index (κ3) is 4.30. The molecule has 0 heterocycles. The Morgan fingerprint density at radius 1 is 1.70 bits per heavy atom. The van der Waals surface area contributed by atoms with E-state index in [1.165, 1.54) is 0 Å². The van der Waals surface area contributed by atoms with E-state index in [9.17, 15) is 0 Å². The van der Waals surface area contributed by atoms with Crippen molar-refractivity contribution in [1.29, 1.82) is 5.26 Å². The van der Waals surface area contributed by atoms with Gasteiger partial charge >= 0.3 is 0 Å². The van der Waals surface area contributed by atoms with Crippen molar-refractivity contribution >= 4 is 0 Å². The standard InChI is InChI=1S/C7H13NO2/c1-6(10-2)5-7(9)3-4-8/h6-7,9H,3,5H2,1-2H3. The Balaban J connectivity index is 3.38. The van der Waals surface area contributed by atoms with Crippen molar-refractivity contribution in [3.8, 4) is 6.07 Å². The van der Waals surface area contributed by atoms with Crippen LogP contribution in [0.25, 0.3) is 0 Å². The number of methoxy groups -OCH3 is 1. The summed E-state index contributed by atoms with van der Waals surface area (Å²) in [6, 6.07) is 1.89. The van der Waals surface area contributed by atoms with Crippen LogP contribution >= 0.6 is 0 Å². The van der Waals surface area contributed by atoms with Crippen LogP contribution in [0.15, 0.2) is 0 Å². The molecule has 0 fully saturated rings. The number of aliphatic hydroxyl groups is 1. The zero-order valence-corrected chi connectivity index (χ0v) is 6.37. The molecule has 2 unspecified atom stereocenters. The summed E-state index contributed by atoms with van der Waals surface area (Å²) in [5, 5.41) is 17.2. The second-order valence-electron chi connectivity index (χ2n) is 2.30. The molecule has 0 rings (SSSR count). The third-order valence-electron chi connectivity index (χ3n) is 1.33. The summed E-state index contributed by atoms with van der Waals surface area (Å²) in [4.78, 5) is 0. The fraction of sp³-hybridized carbons (Fsp3) is 0.857. The van der Waals surface area contributed by atoms with Crippen LogP contribution < -0.4 is 0 Å². The van der Waals surface area contributed by atoms with Gasteiger partial charge in [-0.3, -0.25) is 0 Å². The minimum Gasteiger partial charge on any atom is -0.392 e. The van der Waals surface area contributed by atoms with Gasteiger partial charge in [0.2, 0.25) is 0 Å². The molecule has 2 atom stereocenters. The van der Waals surface area contributed by atoms with E-state index in [0.717, 1.165) is 0 Å². The highest BCUT2D eigenvalue weighted by Gasteiger charge is 2.07. The molecule has 1 N–H and O–H groups in total. The number of aliphatic hydroxyl groups excluding tert-OH is 1. The van der Waals surface area contributed by atoms with Gasteiger partial charge in [-0.2, -0.15) is 5.26 Å². The van der Waals surface area contributed by atoms with Crippen LogP contribution in [0.5, 0.6) is 0 Å². The van der Waals surface area contributed by atoms with E-state index < -0.39 is 6.10 Å². The molecule has 0 saturated heterocycles. The van der Waals surface area contributed by atoms with Crippen molar-refractivity contribution in [1.82, 2.24) is 0 Å². The SMILES string of the molecule is COC(C)CC(O)CC#N. The summed E-state index contributed by atoms with van der Waals surface area (Å²) in [5.74, 6) is 0. The van der Waals surface area contributed by atoms with Crippen LogP contribution in [0.1, 0.15) is 19.8 Å². The molecule has 0 aliphatic carbocycles. The van der Waals surface area contributed by atoms with Crippen molar-refractivity contribution in [3.05, 3.63) is 0 Å². The molecule has 10 heavy (non-hydrogen) atoms. The average molecular weight is 143 g/mol. The highest BCUT2D eigenvalue weighted by atomic mass is 16.5. The van der Waals surface area contributed by atoms with E-state index >= 15 is 0 Å². The highest BCUT2D eigenvalue weighted by Crippen LogP contribution is 2.03. The fourth-order valence-electron chi connectivity index (χ4n) is 0.668. The van der Waals surface area contributed by atoms with Crippen molar-refractivity contribution in [3.63, 3.8) is 0 Å². The van der Waals surface area contributed by atoms with Gasteiger partial charge in [-0.1, -0.05) is 0 Å². The number of hydrogen-bond donors (Lipinski definition) is 1. The Labute approximate surface area is 61.2 Å². The van der Waals surface area contributed by atoms with Crippen molar-refractivity contribution in [2.45, 2.75) is 32.0 Å². The maximum absolute atomic E-state index is 9.05. The molecular formula is C7H13NO2. The molecule has 0 radical (unpaired) electrons. The Morgan fingerprint density at radius 3 is 2.70 bits per heavy atom. The molecule has 0 aromatic rings. The van der Waals surface area contributed by atoms with Crippen LogP contribution in [-0.2, 0) is 4.74 Å². The quantitative estimate of drug-likeness (QED) is 0.629. The van der Waals surface area contributed by atoms with Crippen LogP contribution in [0.3, 0.4) is 0 Å². The van der Waals surface area contributed by atoms with E-state index in [0.29, 0.717) is 6.42 Å². The number of nitrogens with zero attached hydrogens (tertiary/aromatic N) is 1. The van der Waals surface area contributed by atoms with Gasteiger partial charge in [0.05, 0.1) is 24.7 Å². The van der Waals surface area contributed by atoms with Gasteiger partial charge in [-0.05, 0) is 6.92 Å². The van der Waals surface area contributed by atoms with Crippen LogP contribution in [-0.4, -0.2) is 24.4 Å². The lowest BCUT2D eigenvalue weighted by atomic mass is 10.1. The molecule has 0 bridgehead atoms. The number of nitriles is 1. The third-order valence-corrected chi connectivity index (χ3v) is 1.33. The minimum absolute atomic E-state index is 0.0309. The first-order chi connectivity index (χ1) is 4.70. The lowest BCUT2D eigenvalue weighted by Crippen LogP contribution is -2.15. The lowest BCUT2D eigenvalue weighted by Gasteiger charge is -2.11. The van der Waals surface area contributed by atoms with E-state index in [1.54, 1.807) is 7.11 Å². The molecule has 0 aromatic carbocycles. The molecule has 0 aliphatic rings. The maximum atomic E-state index is 9.05. The molecule has 58 valence electrons. The average Bonchev–Trinajstić information content (AvgIpc) is 1.88. The maximum Gasteiger partial charge on any atom is 0.0694 e. The fourth-order valence-corrected chi connectivity index (χ4v) is 0.668. The van der Waals surface area contributed by atoms with E-state index in [1.807, 2.05) is 13.0 Å². The zero-order chi connectivity index (χ0) is 7.98. The predicted molar refractivity (Wildman–Crippen MR) is 37.3 cm³/mol. The first-order valence-electron chi connectivity index (χ1n) is 3.28. The Kier molecular flexibility index (Phi) is 4.91. The molecule has 0 spiro atoms. The first-order valence-corrected chi connectivity index (χ1v) is 3.28. The van der Waals surface area contributed by atoms with Gasteiger partial charge in [0.15, 0.2) is 0 Å². The molecule has 0 aromatic heterocycles. The highest BCUT2D eigenvalue weighted by molar-refractivity contribution is 4.76. The Morgan fingerprint density at radius 2 is 2.30 bits per heavy atom. The van der Waals surface area contributed by atoms with Gasteiger partial charge in [0.1, 0.15) is 0 Å². The van der Waals surface area contributed by atoms with Crippen molar-refractivity contribution in [2.24, 2.45) is 0 Å². The van der Waals surface area contributed by atoms with Crippen molar-refractivity contribution < 1.29 is 9.84 Å². The van der Waals surface area contributed by atoms with Crippen LogP contribution in [0, 0.1) is 11.3 Å². The first kappa shape index (κ1) is 9.41. The van der Waals surface area contributed by atoms with Crippen LogP contribution in [0.4, 0.5) is 0 Å². The smallest absolute Gasteiger partial charge is 0.0694 e. The van der Waals surface area contributed by atoms with E-state index in [2.05, 4.69) is 0 Å². The largest absolute Gasteiger partial charge is 0.392 e. The molecule has 0 saturated carbocycles. The monoisotopic (exact) mass is 143 g/mol. The summed E-state index contributed by atoms with van der Waals surface area (Å²) >= 11 is 0. The molecule has 3 nitrogen and oxygen atoms in total. The Bertz CT molecular complexity index is 119. The van der Waals surface area contributed by atoms with Gasteiger partial charge < -0.3 is 9.84 Å². The lowest BCUT2D eigenvalue weighted by molar-refractivity contribution is 0.0582. The zero-order valence-electron chi connectivity index (χ0n) is 6.37. The summed E-state index contributed by atoms with van der Waals surface area (Å²) in [6.07, 6.45) is 0.209. The molecule has 0 aliphatic heterocycles. The van der Waals surface area contributed by atoms with Gasteiger partial charge in [0, 0.05) is 13.5 Å². The topological polar surface area (TPSA) is 53.2 Å². The summed E-state index contributed by atoms with van der Waals surface area (Å²) in [6.45, 7) is 1.86. The van der Waals surface area contributed by atoms with Gasteiger partial charge in [0.25, 0.3) is 0 Å². The number of hydrogen-bond acceptors (Lipinski definition) is 3. The normalized spacial score (nSPS) is 15.8. The van der Waals surface area contributed by atoms with E-state index in [-0.39, 0.29) is 12.5 Å². The summed E-state index contributed by atoms with van der Waals surface area (Å²) in [7, 11) is 1.59. The second kappa shape index (κ2) is 5.21. The molecule has 3 heteroatoms. The minimum atomic E-state index is -0.542. The molecular weight excluding hydrogens is 130 g/mol. The van der Waals surface area contributed by atoms with Gasteiger partial charge in [-0.15, -0.1) is 0 Å². The van der Waals surface area contributed by atoms with Crippen LogP contribution in [0.2, 0.25) is 0 Å². The van der Waals surface area contributed by atoms with E-state index in [4.69, 9.17) is 15.1 Å².